The summed E-state index contributed by atoms with van der Waals surface area (Å²) >= 11 is 0. The van der Waals surface area contributed by atoms with Crippen molar-refractivity contribution in [3.8, 4) is 5.75 Å². The van der Waals surface area contributed by atoms with E-state index < -0.39 is 0 Å². The van der Waals surface area contributed by atoms with Gasteiger partial charge in [0.15, 0.2) is 5.78 Å². The molecule has 132 valence electrons. The molecule has 1 fully saturated rings. The zero-order chi connectivity index (χ0) is 17.5. The number of carbonyl (C=O) groups is 1. The molecule has 3 rings (SSSR count). The number of fused-ring (bicyclic) bond motifs is 1. The van der Waals surface area contributed by atoms with Gasteiger partial charge in [0.05, 0.1) is 6.61 Å². The zero-order valence-corrected chi connectivity index (χ0v) is 16.0. The quantitative estimate of drug-likeness (QED) is 0.638. The summed E-state index contributed by atoms with van der Waals surface area (Å²) in [7, 11) is 0. The zero-order valence-electron chi connectivity index (χ0n) is 16.0. The van der Waals surface area contributed by atoms with E-state index in [9.17, 15) is 4.79 Å². The van der Waals surface area contributed by atoms with Crippen molar-refractivity contribution in [3.05, 3.63) is 28.8 Å². The highest BCUT2D eigenvalue weighted by molar-refractivity contribution is 5.97. The summed E-state index contributed by atoms with van der Waals surface area (Å²) in [6.45, 7) is 11.9. The van der Waals surface area contributed by atoms with Crippen molar-refractivity contribution in [1.29, 1.82) is 0 Å². The Hall–Kier alpha value is -1.31. The van der Waals surface area contributed by atoms with Crippen molar-refractivity contribution < 1.29 is 9.53 Å². The number of benzene rings is 1. The van der Waals surface area contributed by atoms with Crippen LogP contribution in [0.15, 0.2) is 12.1 Å². The summed E-state index contributed by atoms with van der Waals surface area (Å²) in [6, 6.07) is 4.21. The highest BCUT2D eigenvalue weighted by Gasteiger charge is 2.34. The first-order valence-corrected chi connectivity index (χ1v) is 9.53. The molecule has 1 aromatic carbocycles. The molecule has 0 amide bonds. The first-order chi connectivity index (χ1) is 11.2. The van der Waals surface area contributed by atoms with Gasteiger partial charge in [0.1, 0.15) is 5.75 Å². The van der Waals surface area contributed by atoms with Gasteiger partial charge in [-0.3, -0.25) is 4.79 Å². The molecule has 0 atom stereocenters. The molecule has 1 heterocycles. The Morgan fingerprint density at radius 3 is 2.58 bits per heavy atom. The minimum absolute atomic E-state index is 0.0260. The van der Waals surface area contributed by atoms with Gasteiger partial charge in [0.2, 0.25) is 0 Å². The smallest absolute Gasteiger partial charge is 0.162 e. The summed E-state index contributed by atoms with van der Waals surface area (Å²) < 4.78 is 6.06. The molecular weight excluding hydrogens is 296 g/mol. The van der Waals surface area contributed by atoms with Gasteiger partial charge >= 0.3 is 0 Å². The first-order valence-electron chi connectivity index (χ1n) is 9.53. The van der Waals surface area contributed by atoms with Crippen LogP contribution in [-0.2, 0) is 10.8 Å². The van der Waals surface area contributed by atoms with Crippen molar-refractivity contribution in [1.82, 2.24) is 0 Å². The van der Waals surface area contributed by atoms with Gasteiger partial charge in [-0.1, -0.05) is 53.9 Å². The average Bonchev–Trinajstić information content (AvgIpc) is 3.29. The van der Waals surface area contributed by atoms with Gasteiger partial charge in [-0.25, -0.2) is 0 Å². The Labute approximate surface area is 147 Å². The molecular formula is C22H32O2. The van der Waals surface area contributed by atoms with Crippen molar-refractivity contribution in [2.45, 2.75) is 84.0 Å². The molecule has 1 aromatic rings. The topological polar surface area (TPSA) is 26.3 Å². The van der Waals surface area contributed by atoms with Gasteiger partial charge in [0.25, 0.3) is 0 Å². The van der Waals surface area contributed by atoms with E-state index in [-0.39, 0.29) is 10.8 Å². The van der Waals surface area contributed by atoms with Gasteiger partial charge < -0.3 is 4.74 Å². The van der Waals surface area contributed by atoms with Gasteiger partial charge in [-0.15, -0.1) is 0 Å². The number of carbonyl (C=O) groups excluding carboxylic acids is 1. The standard InChI is InChI=1S/C22H32O2/c1-21(2,3)17-13-16(19(23)8-6-7-15-9-10-15)14-18-20(17)24-12-11-22(18,4)5/h13-15H,6-12H2,1-5H3. The molecule has 1 aliphatic heterocycles. The van der Waals surface area contributed by atoms with E-state index in [2.05, 4.69) is 46.8 Å². The third-order valence-electron chi connectivity index (χ3n) is 5.63. The second-order valence-electron chi connectivity index (χ2n) is 9.39. The molecule has 0 radical (unpaired) electrons. The van der Waals surface area contributed by atoms with Crippen LogP contribution >= 0.6 is 0 Å². The maximum Gasteiger partial charge on any atom is 0.162 e. The van der Waals surface area contributed by atoms with Crippen LogP contribution in [0.2, 0.25) is 0 Å². The van der Waals surface area contributed by atoms with E-state index in [1.54, 1.807) is 0 Å². The number of ether oxygens (including phenoxy) is 1. The molecule has 24 heavy (non-hydrogen) atoms. The predicted molar refractivity (Wildman–Crippen MR) is 99.2 cm³/mol. The van der Waals surface area contributed by atoms with Crippen LogP contribution in [-0.4, -0.2) is 12.4 Å². The molecule has 2 nitrogen and oxygen atoms in total. The van der Waals surface area contributed by atoms with Crippen LogP contribution < -0.4 is 4.74 Å². The second kappa shape index (κ2) is 6.20. The number of hydrogen-bond acceptors (Lipinski definition) is 2. The summed E-state index contributed by atoms with van der Waals surface area (Å²) in [5, 5.41) is 0. The summed E-state index contributed by atoms with van der Waals surface area (Å²) in [4.78, 5) is 12.8. The average molecular weight is 328 g/mol. The number of rotatable bonds is 5. The molecule has 0 N–H and O–H groups in total. The van der Waals surface area contributed by atoms with Crippen molar-refractivity contribution in [3.63, 3.8) is 0 Å². The number of ketones is 1. The Morgan fingerprint density at radius 2 is 1.96 bits per heavy atom. The van der Waals surface area contributed by atoms with Crippen molar-refractivity contribution in [2.75, 3.05) is 6.61 Å². The van der Waals surface area contributed by atoms with E-state index in [0.29, 0.717) is 12.2 Å². The molecule has 0 aromatic heterocycles. The maximum atomic E-state index is 12.8. The maximum absolute atomic E-state index is 12.8. The monoisotopic (exact) mass is 328 g/mol. The van der Waals surface area contributed by atoms with Crippen LogP contribution in [0.25, 0.3) is 0 Å². The first kappa shape index (κ1) is 17.5. The molecule has 1 aliphatic carbocycles. The van der Waals surface area contributed by atoms with Crippen molar-refractivity contribution in [2.24, 2.45) is 5.92 Å². The Balaban J connectivity index is 1.93. The lowest BCUT2D eigenvalue weighted by atomic mass is 9.74. The molecule has 0 bridgehead atoms. The second-order valence-corrected chi connectivity index (χ2v) is 9.39. The largest absolute Gasteiger partial charge is 0.493 e. The Bertz CT molecular complexity index is 613. The minimum atomic E-state index is -0.0260. The van der Waals surface area contributed by atoms with E-state index in [1.165, 1.54) is 30.4 Å². The van der Waals surface area contributed by atoms with Crippen LogP contribution in [0, 0.1) is 5.92 Å². The fraction of sp³-hybridized carbons (Fsp3) is 0.682. The molecule has 0 unspecified atom stereocenters. The van der Waals surface area contributed by atoms with Crippen LogP contribution in [0.1, 0.15) is 94.6 Å². The summed E-state index contributed by atoms with van der Waals surface area (Å²) in [5.41, 5.74) is 3.32. The van der Waals surface area contributed by atoms with Crippen LogP contribution in [0.3, 0.4) is 0 Å². The van der Waals surface area contributed by atoms with E-state index in [1.807, 2.05) is 0 Å². The number of hydrogen-bond donors (Lipinski definition) is 0. The molecule has 2 aliphatic rings. The molecule has 2 heteroatoms. The Kier molecular flexibility index (Phi) is 4.53. The third-order valence-corrected chi connectivity index (χ3v) is 5.63. The molecule has 0 saturated heterocycles. The lowest BCUT2D eigenvalue weighted by molar-refractivity contribution is 0.0978. The normalized spacial score (nSPS) is 19.5. The third kappa shape index (κ3) is 3.68. The van der Waals surface area contributed by atoms with Crippen LogP contribution in [0.4, 0.5) is 0 Å². The Morgan fingerprint density at radius 1 is 1.25 bits per heavy atom. The molecule has 0 spiro atoms. The summed E-state index contributed by atoms with van der Waals surface area (Å²) in [5.74, 6) is 2.22. The highest BCUT2D eigenvalue weighted by atomic mass is 16.5. The number of Topliss-reactive ketones (excluding diaryl/α,β-unsaturated/α-hetero) is 1. The molecule has 1 saturated carbocycles. The van der Waals surface area contributed by atoms with Crippen molar-refractivity contribution >= 4 is 5.78 Å². The van der Waals surface area contributed by atoms with E-state index in [0.717, 1.165) is 36.7 Å². The highest BCUT2D eigenvalue weighted by Crippen LogP contribution is 2.45. The van der Waals surface area contributed by atoms with Gasteiger partial charge in [-0.2, -0.15) is 0 Å². The SMILES string of the molecule is CC(C)(C)c1cc(C(=O)CCCC2CC2)cc2c1OCCC2(C)C. The lowest BCUT2D eigenvalue weighted by Crippen LogP contribution is -2.29. The van der Waals surface area contributed by atoms with E-state index in [4.69, 9.17) is 4.74 Å². The van der Waals surface area contributed by atoms with Crippen LogP contribution in [0.5, 0.6) is 5.75 Å². The summed E-state index contributed by atoms with van der Waals surface area (Å²) in [6.07, 6.45) is 6.67. The fourth-order valence-electron chi connectivity index (χ4n) is 3.65. The predicted octanol–water partition coefficient (Wildman–Crippen LogP) is 5.81. The van der Waals surface area contributed by atoms with E-state index >= 15 is 0 Å². The fourth-order valence-corrected chi connectivity index (χ4v) is 3.65. The lowest BCUT2D eigenvalue weighted by Gasteiger charge is -2.36. The minimum Gasteiger partial charge on any atom is -0.493 e. The van der Waals surface area contributed by atoms with Gasteiger partial charge in [-0.05, 0) is 41.7 Å². The van der Waals surface area contributed by atoms with Gasteiger partial charge in [0, 0.05) is 23.1 Å².